The van der Waals surface area contributed by atoms with Gasteiger partial charge in [-0.05, 0) is 53.7 Å². The van der Waals surface area contributed by atoms with E-state index in [0.717, 1.165) is 0 Å². The van der Waals surface area contributed by atoms with Crippen LogP contribution in [0.15, 0.2) is 18.2 Å². The van der Waals surface area contributed by atoms with Gasteiger partial charge in [0.1, 0.15) is 40.3 Å². The highest BCUT2D eigenvalue weighted by atomic mass is 32.1. The Morgan fingerprint density at radius 2 is 1.97 bits per heavy atom. The monoisotopic (exact) mass is 450 g/mol. The molecule has 3 rings (SSSR count). The summed E-state index contributed by atoms with van der Waals surface area (Å²) in [5.74, 6) is 0.855. The zero-order valence-electron chi connectivity index (χ0n) is 18.9. The largest absolute Gasteiger partial charge is 0.484 e. The van der Waals surface area contributed by atoms with Gasteiger partial charge in [-0.1, -0.05) is 12.2 Å². The maximum Gasteiger partial charge on any atom is 0.410 e. The summed E-state index contributed by atoms with van der Waals surface area (Å²) in [6.07, 6.45) is -0.354. The molecule has 2 heterocycles. The van der Waals surface area contributed by atoms with Crippen LogP contribution in [0.25, 0.3) is 0 Å². The molecule has 9 heteroatoms. The molecule has 0 N–H and O–H groups in total. The molecule has 0 radical (unpaired) electrons. The average Bonchev–Trinajstić information content (AvgIpc) is 2.64. The minimum Gasteiger partial charge on any atom is -0.484 e. The van der Waals surface area contributed by atoms with Crippen molar-refractivity contribution in [2.45, 2.75) is 58.8 Å². The van der Waals surface area contributed by atoms with Crippen LogP contribution in [0.5, 0.6) is 11.5 Å². The van der Waals surface area contributed by atoms with E-state index in [1.54, 1.807) is 35.8 Å². The molecule has 0 aromatic heterocycles. The van der Waals surface area contributed by atoms with Crippen molar-refractivity contribution in [1.82, 2.24) is 4.90 Å². The van der Waals surface area contributed by atoms with E-state index in [0.29, 0.717) is 41.9 Å². The zero-order valence-corrected chi connectivity index (χ0v) is 19.7. The zero-order chi connectivity index (χ0) is 23.0. The number of fused-ring (bicyclic) bond motifs is 1. The van der Waals surface area contributed by atoms with Crippen LogP contribution in [0, 0.1) is 0 Å². The van der Waals surface area contributed by atoms with E-state index in [9.17, 15) is 9.59 Å². The molecule has 0 spiro atoms. The Labute approximate surface area is 188 Å². The van der Waals surface area contributed by atoms with Crippen molar-refractivity contribution in [2.75, 3.05) is 31.2 Å². The highest BCUT2D eigenvalue weighted by Crippen LogP contribution is 2.39. The molecule has 0 bridgehead atoms. The molecule has 31 heavy (non-hydrogen) atoms. The van der Waals surface area contributed by atoms with Gasteiger partial charge in [-0.3, -0.25) is 0 Å². The number of anilines is 1. The molecule has 1 fully saturated rings. The minimum atomic E-state index is -0.590. The molecular formula is C22H30N2O6S. The number of esters is 1. The molecule has 1 unspecified atom stereocenters. The lowest BCUT2D eigenvalue weighted by Crippen LogP contribution is -2.65. The van der Waals surface area contributed by atoms with Gasteiger partial charge in [-0.2, -0.15) is 0 Å². The van der Waals surface area contributed by atoms with Gasteiger partial charge in [-0.15, -0.1) is 0 Å². The molecule has 1 saturated heterocycles. The van der Waals surface area contributed by atoms with Crippen LogP contribution in [0.2, 0.25) is 0 Å². The van der Waals surface area contributed by atoms with E-state index >= 15 is 0 Å². The number of hydrogen-bond donors (Lipinski definition) is 0. The van der Waals surface area contributed by atoms with Crippen LogP contribution in [-0.4, -0.2) is 65.5 Å². The van der Waals surface area contributed by atoms with Crippen molar-refractivity contribution in [2.24, 2.45) is 0 Å². The molecule has 1 atom stereocenters. The second-order valence-electron chi connectivity index (χ2n) is 9.00. The third-order valence-corrected chi connectivity index (χ3v) is 5.21. The molecule has 2 aliphatic rings. The Balaban J connectivity index is 1.73. The van der Waals surface area contributed by atoms with Crippen LogP contribution in [-0.2, 0) is 14.3 Å². The average molecular weight is 451 g/mol. The maximum atomic E-state index is 12.3. The predicted molar refractivity (Wildman–Crippen MR) is 120 cm³/mol. The quantitative estimate of drug-likeness (QED) is 0.498. The summed E-state index contributed by atoms with van der Waals surface area (Å²) in [5.41, 5.74) is -0.431. The lowest BCUT2D eigenvalue weighted by atomic mass is 9.97. The van der Waals surface area contributed by atoms with Gasteiger partial charge >= 0.3 is 12.1 Å². The topological polar surface area (TPSA) is 77.5 Å². The van der Waals surface area contributed by atoms with Crippen molar-refractivity contribution >= 4 is 35.0 Å². The number of thiocarbonyl (C=S) groups is 1. The van der Waals surface area contributed by atoms with Crippen LogP contribution in [0.3, 0.4) is 0 Å². The highest BCUT2D eigenvalue weighted by Gasteiger charge is 2.45. The molecule has 2 aliphatic heterocycles. The second-order valence-corrected chi connectivity index (χ2v) is 9.47. The summed E-state index contributed by atoms with van der Waals surface area (Å²) in [7, 11) is 0. The number of nitrogens with zero attached hydrogens (tertiary/aromatic N) is 2. The molecule has 0 saturated carbocycles. The number of amides is 1. The van der Waals surface area contributed by atoms with E-state index in [2.05, 4.69) is 0 Å². The fourth-order valence-electron chi connectivity index (χ4n) is 3.57. The Kier molecular flexibility index (Phi) is 6.36. The van der Waals surface area contributed by atoms with Crippen molar-refractivity contribution < 1.29 is 28.5 Å². The molecule has 1 amide bonds. The lowest BCUT2D eigenvalue weighted by Gasteiger charge is -2.47. The van der Waals surface area contributed by atoms with Crippen LogP contribution in [0.4, 0.5) is 10.5 Å². The van der Waals surface area contributed by atoms with E-state index in [1.807, 2.05) is 33.8 Å². The Bertz CT molecular complexity index is 875. The van der Waals surface area contributed by atoms with Gasteiger partial charge in [0, 0.05) is 6.07 Å². The van der Waals surface area contributed by atoms with Crippen molar-refractivity contribution in [3.05, 3.63) is 18.2 Å². The molecule has 0 aliphatic carbocycles. The smallest absolute Gasteiger partial charge is 0.410 e. The normalized spacial score (nSPS) is 18.3. The Hall–Kier alpha value is -2.55. The highest BCUT2D eigenvalue weighted by molar-refractivity contribution is 7.80. The SMILES string of the molecule is CCOC(=O)C(C)N1C(=S)COc2ccc(OC3(C)CN(C(=O)OC(C)(C)C)C3)cc21. The Morgan fingerprint density at radius 3 is 2.58 bits per heavy atom. The fourth-order valence-corrected chi connectivity index (χ4v) is 3.89. The summed E-state index contributed by atoms with van der Waals surface area (Å²) >= 11 is 5.45. The maximum absolute atomic E-state index is 12.3. The van der Waals surface area contributed by atoms with Gasteiger partial charge in [-0.25, -0.2) is 9.59 Å². The molecule has 170 valence electrons. The number of benzene rings is 1. The number of carbonyl (C=O) groups is 2. The van der Waals surface area contributed by atoms with E-state index in [1.165, 1.54) is 0 Å². The Morgan fingerprint density at radius 1 is 1.29 bits per heavy atom. The molecular weight excluding hydrogens is 420 g/mol. The van der Waals surface area contributed by atoms with Gasteiger partial charge in [0.25, 0.3) is 0 Å². The summed E-state index contributed by atoms with van der Waals surface area (Å²) in [6.45, 7) is 12.3. The van der Waals surface area contributed by atoms with E-state index in [4.69, 9.17) is 31.2 Å². The number of hydrogen-bond acceptors (Lipinski definition) is 7. The third-order valence-electron chi connectivity index (χ3n) is 4.89. The van der Waals surface area contributed by atoms with Crippen molar-refractivity contribution in [1.29, 1.82) is 0 Å². The number of ether oxygens (including phenoxy) is 4. The summed E-state index contributed by atoms with van der Waals surface area (Å²) in [4.78, 5) is 28.4. The fraction of sp³-hybridized carbons (Fsp3) is 0.591. The van der Waals surface area contributed by atoms with Gasteiger partial charge in [0.2, 0.25) is 0 Å². The first-order chi connectivity index (χ1) is 14.4. The summed E-state index contributed by atoms with van der Waals surface area (Å²) < 4.78 is 22.5. The first-order valence-electron chi connectivity index (χ1n) is 10.3. The minimum absolute atomic E-state index is 0.217. The van der Waals surface area contributed by atoms with Crippen molar-refractivity contribution in [3.63, 3.8) is 0 Å². The first kappa shape index (κ1) is 23.1. The van der Waals surface area contributed by atoms with Crippen molar-refractivity contribution in [3.8, 4) is 11.5 Å². The lowest BCUT2D eigenvalue weighted by molar-refractivity contribution is -0.144. The number of carbonyl (C=O) groups excluding carboxylic acids is 2. The molecule has 1 aromatic carbocycles. The number of likely N-dealkylation sites (tertiary alicyclic amines) is 1. The number of rotatable bonds is 5. The van der Waals surface area contributed by atoms with Gasteiger partial charge in [0.15, 0.2) is 0 Å². The van der Waals surface area contributed by atoms with Gasteiger partial charge in [0.05, 0.1) is 25.4 Å². The predicted octanol–water partition coefficient (Wildman–Crippen LogP) is 3.55. The van der Waals surface area contributed by atoms with Crippen LogP contribution in [0.1, 0.15) is 41.5 Å². The van der Waals surface area contributed by atoms with E-state index in [-0.39, 0.29) is 18.7 Å². The standard InChI is InChI=1S/C22H30N2O6S/c1-7-27-19(25)14(2)24-16-10-15(8-9-17(16)28-11-18(24)31)29-22(6)12-23(13-22)20(26)30-21(3,4)5/h8-10,14H,7,11-13H2,1-6H3. The summed E-state index contributed by atoms with van der Waals surface area (Å²) in [5, 5.41) is 0. The molecule has 1 aromatic rings. The molecule has 8 nitrogen and oxygen atoms in total. The van der Waals surface area contributed by atoms with Crippen LogP contribution >= 0.6 is 12.2 Å². The third kappa shape index (κ3) is 5.20. The van der Waals surface area contributed by atoms with Gasteiger partial charge < -0.3 is 28.7 Å². The second kappa shape index (κ2) is 8.53. The van der Waals surface area contributed by atoms with Crippen LogP contribution < -0.4 is 14.4 Å². The first-order valence-corrected chi connectivity index (χ1v) is 10.8. The van der Waals surface area contributed by atoms with E-state index < -0.39 is 17.2 Å². The summed E-state index contributed by atoms with van der Waals surface area (Å²) in [6, 6.07) is 4.82.